The molecule has 0 aliphatic carbocycles. The van der Waals surface area contributed by atoms with Gasteiger partial charge in [-0.2, -0.15) is 0 Å². The fourth-order valence-corrected chi connectivity index (χ4v) is 1.76. The Bertz CT molecular complexity index is 719. The molecule has 0 aliphatic heterocycles. The fourth-order valence-electron chi connectivity index (χ4n) is 1.76. The average molecular weight is 239 g/mol. The molecule has 0 aliphatic rings. The highest BCUT2D eigenvalue weighted by Crippen LogP contribution is 2.17. The van der Waals surface area contributed by atoms with E-state index in [9.17, 15) is 4.79 Å². The molecule has 0 saturated heterocycles. The molecule has 0 spiro atoms. The number of fused-ring (bicyclic) bond motifs is 1. The largest absolute Gasteiger partial charge is 0.476 e. The van der Waals surface area contributed by atoms with Crippen molar-refractivity contribution in [2.75, 3.05) is 0 Å². The summed E-state index contributed by atoms with van der Waals surface area (Å²) in [6.45, 7) is 0. The molecule has 5 heteroatoms. The van der Waals surface area contributed by atoms with Crippen molar-refractivity contribution in [3.63, 3.8) is 0 Å². The zero-order valence-electron chi connectivity index (χ0n) is 9.32. The second-order valence-corrected chi connectivity index (χ2v) is 3.84. The molecular formula is C13H9N3O2. The molecule has 0 radical (unpaired) electrons. The van der Waals surface area contributed by atoms with Crippen molar-refractivity contribution < 1.29 is 9.90 Å². The van der Waals surface area contributed by atoms with Gasteiger partial charge in [-0.25, -0.2) is 14.8 Å². The first-order chi connectivity index (χ1) is 8.74. The molecule has 0 saturated carbocycles. The van der Waals surface area contributed by atoms with Crippen molar-refractivity contribution in [3.05, 3.63) is 54.6 Å². The first kappa shape index (κ1) is 10.5. The predicted octanol–water partition coefficient (Wildman–Crippen LogP) is 2.09. The zero-order chi connectivity index (χ0) is 12.5. The maximum absolute atomic E-state index is 10.8. The van der Waals surface area contributed by atoms with Crippen LogP contribution in [0.15, 0.2) is 48.9 Å². The van der Waals surface area contributed by atoms with Crippen molar-refractivity contribution in [1.82, 2.24) is 14.4 Å². The van der Waals surface area contributed by atoms with Crippen LogP contribution < -0.4 is 0 Å². The summed E-state index contributed by atoms with van der Waals surface area (Å²) in [5, 5.41) is 8.88. The monoisotopic (exact) mass is 239 g/mol. The summed E-state index contributed by atoms with van der Waals surface area (Å²) < 4.78 is 1.59. The van der Waals surface area contributed by atoms with E-state index in [1.807, 2.05) is 30.3 Å². The van der Waals surface area contributed by atoms with Crippen molar-refractivity contribution in [2.24, 2.45) is 0 Å². The van der Waals surface area contributed by atoms with Crippen LogP contribution in [0.2, 0.25) is 0 Å². The normalized spacial score (nSPS) is 10.7. The number of carboxylic acid groups (broad SMARTS) is 1. The maximum atomic E-state index is 10.8. The van der Waals surface area contributed by atoms with Crippen LogP contribution in [-0.4, -0.2) is 25.4 Å². The van der Waals surface area contributed by atoms with E-state index in [1.165, 1.54) is 6.20 Å². The van der Waals surface area contributed by atoms with Gasteiger partial charge in [-0.1, -0.05) is 30.3 Å². The number of hydrogen-bond acceptors (Lipinski definition) is 3. The Morgan fingerprint density at radius 3 is 2.72 bits per heavy atom. The van der Waals surface area contributed by atoms with Crippen LogP contribution in [0.3, 0.4) is 0 Å². The Balaban J connectivity index is 2.14. The summed E-state index contributed by atoms with van der Waals surface area (Å²) in [6, 6.07) is 11.4. The molecule has 0 atom stereocenters. The topological polar surface area (TPSA) is 67.5 Å². The van der Waals surface area contributed by atoms with E-state index in [1.54, 1.807) is 16.8 Å². The molecule has 0 amide bonds. The Kier molecular flexibility index (Phi) is 2.30. The molecular weight excluding hydrogens is 230 g/mol. The van der Waals surface area contributed by atoms with Gasteiger partial charge < -0.3 is 5.11 Å². The Hall–Kier alpha value is -2.69. The summed E-state index contributed by atoms with van der Waals surface area (Å²) in [5.74, 6) is -1.04. The number of carbonyl (C=O) groups is 1. The van der Waals surface area contributed by atoms with Crippen LogP contribution in [0.25, 0.3) is 16.9 Å². The Morgan fingerprint density at radius 2 is 2.00 bits per heavy atom. The van der Waals surface area contributed by atoms with E-state index in [-0.39, 0.29) is 5.69 Å². The minimum Gasteiger partial charge on any atom is -0.476 e. The summed E-state index contributed by atoms with van der Waals surface area (Å²) in [5.41, 5.74) is 2.33. The molecule has 2 heterocycles. The maximum Gasteiger partial charge on any atom is 0.356 e. The van der Waals surface area contributed by atoms with Crippen LogP contribution >= 0.6 is 0 Å². The Labute approximate surface area is 102 Å². The summed E-state index contributed by atoms with van der Waals surface area (Å²) in [7, 11) is 0. The summed E-state index contributed by atoms with van der Waals surface area (Å²) in [4.78, 5) is 19.1. The van der Waals surface area contributed by atoms with E-state index < -0.39 is 5.97 Å². The minimum atomic E-state index is -1.04. The number of benzene rings is 1. The summed E-state index contributed by atoms with van der Waals surface area (Å²) in [6.07, 6.45) is 3.01. The van der Waals surface area contributed by atoms with E-state index >= 15 is 0 Å². The first-order valence-corrected chi connectivity index (χ1v) is 5.37. The third-order valence-corrected chi connectivity index (χ3v) is 2.64. The van der Waals surface area contributed by atoms with Crippen LogP contribution in [0.4, 0.5) is 0 Å². The molecule has 1 N–H and O–H groups in total. The zero-order valence-corrected chi connectivity index (χ0v) is 9.32. The second-order valence-electron chi connectivity index (χ2n) is 3.84. The van der Waals surface area contributed by atoms with E-state index in [0.717, 1.165) is 11.3 Å². The molecule has 2 aromatic heterocycles. The van der Waals surface area contributed by atoms with Gasteiger partial charge in [0.15, 0.2) is 5.69 Å². The quantitative estimate of drug-likeness (QED) is 0.743. The number of aromatic carboxylic acids is 1. The van der Waals surface area contributed by atoms with Gasteiger partial charge >= 0.3 is 5.97 Å². The molecule has 3 aromatic rings. The van der Waals surface area contributed by atoms with Gasteiger partial charge in [0, 0.05) is 17.8 Å². The minimum absolute atomic E-state index is 0.0158. The number of carboxylic acids is 1. The lowest BCUT2D eigenvalue weighted by atomic mass is 10.1. The molecule has 88 valence electrons. The van der Waals surface area contributed by atoms with E-state index in [4.69, 9.17) is 5.11 Å². The predicted molar refractivity (Wildman–Crippen MR) is 65.4 cm³/mol. The SMILES string of the molecule is O=C(O)c1cn2cnc(-c3ccccc3)cc2n1. The van der Waals surface area contributed by atoms with Crippen molar-refractivity contribution in [1.29, 1.82) is 0 Å². The highest BCUT2D eigenvalue weighted by atomic mass is 16.4. The average Bonchev–Trinajstić information content (AvgIpc) is 2.82. The highest BCUT2D eigenvalue weighted by Gasteiger charge is 2.09. The fraction of sp³-hybridized carbons (Fsp3) is 0. The van der Waals surface area contributed by atoms with Gasteiger partial charge in [0.2, 0.25) is 0 Å². The van der Waals surface area contributed by atoms with Crippen molar-refractivity contribution in [2.45, 2.75) is 0 Å². The van der Waals surface area contributed by atoms with Crippen LogP contribution in [0.1, 0.15) is 10.5 Å². The summed E-state index contributed by atoms with van der Waals surface area (Å²) >= 11 is 0. The molecule has 1 aromatic carbocycles. The Morgan fingerprint density at radius 1 is 1.22 bits per heavy atom. The number of imidazole rings is 1. The molecule has 0 fully saturated rings. The third-order valence-electron chi connectivity index (χ3n) is 2.64. The molecule has 3 rings (SSSR count). The third kappa shape index (κ3) is 1.71. The highest BCUT2D eigenvalue weighted by molar-refractivity contribution is 5.86. The van der Waals surface area contributed by atoms with Gasteiger partial charge in [0.1, 0.15) is 12.0 Å². The number of hydrogen-bond donors (Lipinski definition) is 1. The van der Waals surface area contributed by atoms with E-state index in [0.29, 0.717) is 5.65 Å². The lowest BCUT2D eigenvalue weighted by Gasteiger charge is -2.00. The first-order valence-electron chi connectivity index (χ1n) is 5.37. The van der Waals surface area contributed by atoms with E-state index in [2.05, 4.69) is 9.97 Å². The van der Waals surface area contributed by atoms with Gasteiger partial charge in [0.05, 0.1) is 5.69 Å². The van der Waals surface area contributed by atoms with Crippen molar-refractivity contribution in [3.8, 4) is 11.3 Å². The van der Waals surface area contributed by atoms with Crippen LogP contribution in [0, 0.1) is 0 Å². The van der Waals surface area contributed by atoms with Crippen LogP contribution in [-0.2, 0) is 0 Å². The van der Waals surface area contributed by atoms with Crippen molar-refractivity contribution >= 4 is 11.6 Å². The smallest absolute Gasteiger partial charge is 0.356 e. The molecule has 0 unspecified atom stereocenters. The number of nitrogens with zero attached hydrogens (tertiary/aromatic N) is 3. The second kappa shape index (κ2) is 3.96. The van der Waals surface area contributed by atoms with Gasteiger partial charge in [0.25, 0.3) is 0 Å². The number of rotatable bonds is 2. The molecule has 5 nitrogen and oxygen atoms in total. The standard InChI is InChI=1S/C13H9N3O2/c17-13(18)11-7-16-8-14-10(6-12(16)15-11)9-4-2-1-3-5-9/h1-8H,(H,17,18). The number of aromatic nitrogens is 3. The molecule has 0 bridgehead atoms. The lowest BCUT2D eigenvalue weighted by molar-refractivity contribution is 0.0691. The lowest BCUT2D eigenvalue weighted by Crippen LogP contribution is -1.94. The molecule has 18 heavy (non-hydrogen) atoms. The van der Waals surface area contributed by atoms with Gasteiger partial charge in [-0.15, -0.1) is 0 Å². The van der Waals surface area contributed by atoms with Gasteiger partial charge in [-0.05, 0) is 0 Å². The van der Waals surface area contributed by atoms with Gasteiger partial charge in [-0.3, -0.25) is 4.40 Å². The van der Waals surface area contributed by atoms with Crippen LogP contribution in [0.5, 0.6) is 0 Å².